The van der Waals surface area contributed by atoms with Crippen LogP contribution < -0.4 is 0 Å². The summed E-state index contributed by atoms with van der Waals surface area (Å²) < 4.78 is 5.17. The third-order valence-electron chi connectivity index (χ3n) is 4.27. The Hall–Kier alpha value is -2.36. The van der Waals surface area contributed by atoms with E-state index in [1.54, 1.807) is 17.9 Å². The van der Waals surface area contributed by atoms with Gasteiger partial charge < -0.3 is 9.64 Å². The molecular weight excluding hydrogens is 278 g/mol. The summed E-state index contributed by atoms with van der Waals surface area (Å²) in [7, 11) is 0. The fourth-order valence-corrected chi connectivity index (χ4v) is 3.24. The standard InChI is InChI=1S/C18H19NO3/c1-2-22-17(21)15-9-6-11-18(15)12-10-16(20)19(18)13-14-7-4-3-5-8-14/h3-5,7-10,12H,2,6,11,13H2,1H3. The van der Waals surface area contributed by atoms with E-state index in [1.807, 2.05) is 42.5 Å². The molecule has 2 aliphatic rings. The van der Waals surface area contributed by atoms with Gasteiger partial charge in [0.2, 0.25) is 5.91 Å². The Morgan fingerprint density at radius 1 is 1.32 bits per heavy atom. The van der Waals surface area contributed by atoms with Crippen LogP contribution >= 0.6 is 0 Å². The van der Waals surface area contributed by atoms with Gasteiger partial charge in [-0.05, 0) is 31.4 Å². The molecule has 1 atom stereocenters. The van der Waals surface area contributed by atoms with Gasteiger partial charge >= 0.3 is 5.97 Å². The van der Waals surface area contributed by atoms with Crippen LogP contribution in [0.3, 0.4) is 0 Å². The lowest BCUT2D eigenvalue weighted by atomic mass is 9.90. The molecule has 0 fully saturated rings. The van der Waals surface area contributed by atoms with Crippen LogP contribution in [0.5, 0.6) is 0 Å². The molecule has 1 aliphatic carbocycles. The number of amides is 1. The Labute approximate surface area is 130 Å². The van der Waals surface area contributed by atoms with Crippen LogP contribution in [-0.2, 0) is 20.9 Å². The maximum absolute atomic E-state index is 12.3. The topological polar surface area (TPSA) is 46.6 Å². The van der Waals surface area contributed by atoms with Crippen LogP contribution in [0.15, 0.2) is 54.1 Å². The summed E-state index contributed by atoms with van der Waals surface area (Å²) in [5.41, 5.74) is 1.00. The molecule has 22 heavy (non-hydrogen) atoms. The van der Waals surface area contributed by atoms with Crippen LogP contribution in [-0.4, -0.2) is 28.9 Å². The number of benzene rings is 1. The third-order valence-corrected chi connectivity index (χ3v) is 4.27. The van der Waals surface area contributed by atoms with Crippen molar-refractivity contribution in [1.29, 1.82) is 0 Å². The van der Waals surface area contributed by atoms with E-state index in [4.69, 9.17) is 4.74 Å². The molecule has 1 aliphatic heterocycles. The first-order chi connectivity index (χ1) is 10.7. The van der Waals surface area contributed by atoms with Crippen LogP contribution in [0.1, 0.15) is 25.3 Å². The smallest absolute Gasteiger partial charge is 0.336 e. The predicted octanol–water partition coefficient (Wildman–Crippen LogP) is 2.61. The van der Waals surface area contributed by atoms with E-state index in [0.717, 1.165) is 18.4 Å². The van der Waals surface area contributed by atoms with Crippen molar-refractivity contribution < 1.29 is 14.3 Å². The zero-order valence-corrected chi connectivity index (χ0v) is 12.6. The molecule has 1 spiro atoms. The lowest BCUT2D eigenvalue weighted by molar-refractivity contribution is -0.140. The normalized spacial score (nSPS) is 23.2. The summed E-state index contributed by atoms with van der Waals surface area (Å²) in [5, 5.41) is 0. The summed E-state index contributed by atoms with van der Waals surface area (Å²) in [5.74, 6) is -0.377. The van der Waals surface area contributed by atoms with Crippen molar-refractivity contribution in [2.45, 2.75) is 31.8 Å². The first-order valence-corrected chi connectivity index (χ1v) is 7.60. The Bertz CT molecular complexity index is 648. The summed E-state index contributed by atoms with van der Waals surface area (Å²) in [6.45, 7) is 2.61. The molecule has 0 bridgehead atoms. The number of ether oxygens (including phenoxy) is 1. The number of carbonyl (C=O) groups excluding carboxylic acids is 2. The van der Waals surface area contributed by atoms with Crippen molar-refractivity contribution in [2.75, 3.05) is 6.61 Å². The molecule has 114 valence electrons. The average molecular weight is 297 g/mol. The van der Waals surface area contributed by atoms with E-state index in [-0.39, 0.29) is 11.9 Å². The van der Waals surface area contributed by atoms with Crippen molar-refractivity contribution in [3.8, 4) is 0 Å². The maximum atomic E-state index is 12.3. The number of carbonyl (C=O) groups is 2. The minimum atomic E-state index is -0.640. The Morgan fingerprint density at radius 3 is 2.82 bits per heavy atom. The fourth-order valence-electron chi connectivity index (χ4n) is 3.24. The first kappa shape index (κ1) is 14.6. The Kier molecular flexibility index (Phi) is 3.84. The van der Waals surface area contributed by atoms with Crippen LogP contribution in [0.25, 0.3) is 0 Å². The molecule has 0 radical (unpaired) electrons. The summed E-state index contributed by atoms with van der Waals surface area (Å²) in [4.78, 5) is 26.4. The van der Waals surface area contributed by atoms with Gasteiger partial charge in [0.15, 0.2) is 0 Å². The summed E-state index contributed by atoms with van der Waals surface area (Å²) in [6, 6.07) is 9.83. The predicted molar refractivity (Wildman–Crippen MR) is 82.8 cm³/mol. The second-order valence-electron chi connectivity index (χ2n) is 5.54. The Morgan fingerprint density at radius 2 is 2.09 bits per heavy atom. The highest BCUT2D eigenvalue weighted by atomic mass is 16.5. The van der Waals surface area contributed by atoms with Crippen LogP contribution in [0, 0.1) is 0 Å². The van der Waals surface area contributed by atoms with E-state index in [0.29, 0.717) is 18.7 Å². The second-order valence-corrected chi connectivity index (χ2v) is 5.54. The van der Waals surface area contributed by atoms with Gasteiger partial charge in [0.25, 0.3) is 0 Å². The highest BCUT2D eigenvalue weighted by molar-refractivity contribution is 5.99. The number of hydrogen-bond donors (Lipinski definition) is 0. The zero-order valence-electron chi connectivity index (χ0n) is 12.6. The monoisotopic (exact) mass is 297 g/mol. The van der Waals surface area contributed by atoms with Gasteiger partial charge in [-0.15, -0.1) is 0 Å². The van der Waals surface area contributed by atoms with Gasteiger partial charge in [0.05, 0.1) is 17.7 Å². The van der Waals surface area contributed by atoms with Crippen LogP contribution in [0.2, 0.25) is 0 Å². The van der Waals surface area contributed by atoms with Crippen molar-refractivity contribution >= 4 is 11.9 Å². The number of allylic oxidation sites excluding steroid dienone is 1. The highest BCUT2D eigenvalue weighted by Gasteiger charge is 2.49. The van der Waals surface area contributed by atoms with E-state index in [1.165, 1.54) is 0 Å². The van der Waals surface area contributed by atoms with E-state index >= 15 is 0 Å². The van der Waals surface area contributed by atoms with Crippen molar-refractivity contribution in [3.63, 3.8) is 0 Å². The van der Waals surface area contributed by atoms with Gasteiger partial charge in [0.1, 0.15) is 0 Å². The van der Waals surface area contributed by atoms with Gasteiger partial charge in [-0.3, -0.25) is 4.79 Å². The van der Waals surface area contributed by atoms with Crippen LogP contribution in [0.4, 0.5) is 0 Å². The van der Waals surface area contributed by atoms with E-state index in [9.17, 15) is 9.59 Å². The Balaban J connectivity index is 1.91. The maximum Gasteiger partial charge on any atom is 0.336 e. The molecule has 1 aromatic carbocycles. The minimum absolute atomic E-state index is 0.0547. The van der Waals surface area contributed by atoms with Gasteiger partial charge in [-0.25, -0.2) is 4.79 Å². The summed E-state index contributed by atoms with van der Waals surface area (Å²) >= 11 is 0. The van der Waals surface area contributed by atoms with Crippen molar-refractivity contribution in [2.24, 2.45) is 0 Å². The lowest BCUT2D eigenvalue weighted by Gasteiger charge is -2.36. The SMILES string of the molecule is CCOC(=O)C1=CCCC12C=CC(=O)N2Cc1ccccc1. The molecule has 1 amide bonds. The average Bonchev–Trinajstić information content (AvgIpc) is 3.08. The number of rotatable bonds is 4. The molecule has 0 aromatic heterocycles. The van der Waals surface area contributed by atoms with Gasteiger partial charge in [-0.1, -0.05) is 36.4 Å². The second kappa shape index (κ2) is 5.79. The van der Waals surface area contributed by atoms with E-state index < -0.39 is 5.54 Å². The molecule has 0 saturated heterocycles. The first-order valence-electron chi connectivity index (χ1n) is 7.60. The molecule has 0 N–H and O–H groups in total. The van der Waals surface area contributed by atoms with Crippen molar-refractivity contribution in [3.05, 3.63) is 59.7 Å². The fraction of sp³-hybridized carbons (Fsp3) is 0.333. The summed E-state index contributed by atoms with van der Waals surface area (Å²) in [6.07, 6.45) is 6.83. The van der Waals surface area contributed by atoms with E-state index in [2.05, 4.69) is 0 Å². The van der Waals surface area contributed by atoms with Crippen molar-refractivity contribution in [1.82, 2.24) is 4.90 Å². The van der Waals surface area contributed by atoms with Gasteiger partial charge in [-0.2, -0.15) is 0 Å². The molecular formula is C18H19NO3. The molecule has 1 unspecified atom stereocenters. The minimum Gasteiger partial charge on any atom is -0.463 e. The number of esters is 1. The molecule has 4 nitrogen and oxygen atoms in total. The lowest BCUT2D eigenvalue weighted by Crippen LogP contribution is -2.47. The molecule has 4 heteroatoms. The molecule has 1 aromatic rings. The number of hydrogen-bond acceptors (Lipinski definition) is 3. The zero-order chi connectivity index (χ0) is 15.6. The molecule has 1 heterocycles. The quantitative estimate of drug-likeness (QED) is 0.803. The molecule has 3 rings (SSSR count). The number of nitrogens with zero attached hydrogens (tertiary/aromatic N) is 1. The molecule has 0 saturated carbocycles. The third kappa shape index (κ3) is 2.34. The van der Waals surface area contributed by atoms with Gasteiger partial charge in [0, 0.05) is 12.6 Å². The highest BCUT2D eigenvalue weighted by Crippen LogP contribution is 2.42. The largest absolute Gasteiger partial charge is 0.463 e.